The maximum Gasteiger partial charge on any atom is 0.322 e. The summed E-state index contributed by atoms with van der Waals surface area (Å²) >= 11 is 0. The van der Waals surface area contributed by atoms with Crippen LogP contribution in [0.5, 0.6) is 0 Å². The third-order valence-corrected chi connectivity index (χ3v) is 6.61. The van der Waals surface area contributed by atoms with E-state index in [1.54, 1.807) is 38.5 Å². The molecule has 2 aromatic carbocycles. The molecular weight excluding hydrogens is 464 g/mol. The normalized spacial score (nSPS) is 16.8. The summed E-state index contributed by atoms with van der Waals surface area (Å²) in [6.45, 7) is 0.439. The largest absolute Gasteiger partial charge is 0.367 e. The molecule has 1 saturated carbocycles. The van der Waals surface area contributed by atoms with Crippen LogP contribution in [0.1, 0.15) is 47.2 Å². The topological polar surface area (TPSA) is 101 Å². The van der Waals surface area contributed by atoms with Crippen LogP contribution < -0.4 is 15.5 Å². The molecule has 1 heterocycles. The van der Waals surface area contributed by atoms with Crippen molar-refractivity contribution in [3.8, 4) is 6.07 Å². The van der Waals surface area contributed by atoms with E-state index in [9.17, 15) is 9.59 Å². The Labute approximate surface area is 217 Å². The second-order valence-corrected chi connectivity index (χ2v) is 9.45. The number of urea groups is 1. The number of amides is 3. The van der Waals surface area contributed by atoms with Gasteiger partial charge in [0, 0.05) is 50.2 Å². The number of hydrogen-bond acceptors (Lipinski definition) is 5. The van der Waals surface area contributed by atoms with Gasteiger partial charge in [-0.25, -0.2) is 9.78 Å². The van der Waals surface area contributed by atoms with E-state index < -0.39 is 0 Å². The average molecular weight is 497 g/mol. The van der Waals surface area contributed by atoms with Gasteiger partial charge in [0.15, 0.2) is 0 Å². The smallest absolute Gasteiger partial charge is 0.322 e. The van der Waals surface area contributed by atoms with Crippen molar-refractivity contribution in [3.05, 3.63) is 89.6 Å². The SMILES string of the molecule is CN(C)C(=O)c1ccc(N(C(=O)NCc2ccccc2)C2CCC(Nc3ccc(C#N)cn3)CC2)cc1. The van der Waals surface area contributed by atoms with Gasteiger partial charge in [0.1, 0.15) is 11.9 Å². The number of pyridine rings is 1. The van der Waals surface area contributed by atoms with E-state index in [4.69, 9.17) is 5.26 Å². The number of nitrogens with one attached hydrogen (secondary N) is 2. The lowest BCUT2D eigenvalue weighted by Gasteiger charge is -2.37. The first-order chi connectivity index (χ1) is 17.9. The van der Waals surface area contributed by atoms with Crippen molar-refractivity contribution in [2.24, 2.45) is 0 Å². The summed E-state index contributed by atoms with van der Waals surface area (Å²) in [6, 6.07) is 22.9. The summed E-state index contributed by atoms with van der Waals surface area (Å²) in [5.74, 6) is 0.677. The highest BCUT2D eigenvalue weighted by Crippen LogP contribution is 2.29. The van der Waals surface area contributed by atoms with Gasteiger partial charge in [-0.05, 0) is 67.6 Å². The maximum atomic E-state index is 13.5. The van der Waals surface area contributed by atoms with Crippen molar-refractivity contribution in [3.63, 3.8) is 0 Å². The number of benzene rings is 2. The minimum absolute atomic E-state index is 0.0261. The number of nitrogens with zero attached hydrogens (tertiary/aromatic N) is 4. The molecule has 37 heavy (non-hydrogen) atoms. The van der Waals surface area contributed by atoms with Gasteiger partial charge in [-0.15, -0.1) is 0 Å². The second-order valence-electron chi connectivity index (χ2n) is 9.45. The number of hydrogen-bond donors (Lipinski definition) is 2. The standard InChI is InChI=1S/C29H32N6O2/c1-34(2)28(36)23-9-13-25(14-10-23)35(29(37)32-19-21-6-4-3-5-7-21)26-15-11-24(12-16-26)33-27-17-8-22(18-30)20-31-27/h3-10,13-14,17,20,24,26H,11-12,15-16,19H2,1-2H3,(H,31,33)(H,32,37). The van der Waals surface area contributed by atoms with E-state index in [-0.39, 0.29) is 24.0 Å². The van der Waals surface area contributed by atoms with Crippen LogP contribution in [-0.4, -0.2) is 48.0 Å². The van der Waals surface area contributed by atoms with Crippen molar-refractivity contribution in [2.45, 2.75) is 44.3 Å². The van der Waals surface area contributed by atoms with Crippen molar-refractivity contribution in [1.82, 2.24) is 15.2 Å². The molecule has 3 amide bonds. The molecule has 1 fully saturated rings. The predicted molar refractivity (Wildman–Crippen MR) is 144 cm³/mol. The van der Waals surface area contributed by atoms with E-state index >= 15 is 0 Å². The number of aromatic nitrogens is 1. The maximum absolute atomic E-state index is 13.5. The molecule has 1 aliphatic rings. The van der Waals surface area contributed by atoms with E-state index in [0.717, 1.165) is 42.8 Å². The van der Waals surface area contributed by atoms with Gasteiger partial charge in [-0.3, -0.25) is 9.69 Å². The minimum atomic E-state index is -0.152. The number of nitriles is 1. The van der Waals surface area contributed by atoms with Crippen LogP contribution in [0.3, 0.4) is 0 Å². The highest BCUT2D eigenvalue weighted by molar-refractivity contribution is 5.96. The Hall–Kier alpha value is -4.38. The van der Waals surface area contributed by atoms with Crippen LogP contribution in [0.25, 0.3) is 0 Å². The second kappa shape index (κ2) is 12.0. The van der Waals surface area contributed by atoms with E-state index in [0.29, 0.717) is 17.7 Å². The Kier molecular flexibility index (Phi) is 8.37. The fourth-order valence-electron chi connectivity index (χ4n) is 4.61. The number of carbonyl (C=O) groups excluding carboxylic acids is 2. The number of rotatable bonds is 7. The van der Waals surface area contributed by atoms with Crippen molar-refractivity contribution >= 4 is 23.4 Å². The third kappa shape index (κ3) is 6.64. The molecule has 1 aromatic heterocycles. The molecule has 0 aliphatic heterocycles. The average Bonchev–Trinajstić information content (AvgIpc) is 2.94. The fourth-order valence-corrected chi connectivity index (χ4v) is 4.61. The van der Waals surface area contributed by atoms with Crippen LogP contribution in [0.2, 0.25) is 0 Å². The number of anilines is 2. The van der Waals surface area contributed by atoms with Crippen LogP contribution >= 0.6 is 0 Å². The molecule has 8 heteroatoms. The Morgan fingerprint density at radius 1 is 0.973 bits per heavy atom. The molecule has 190 valence electrons. The monoisotopic (exact) mass is 496 g/mol. The zero-order valence-electron chi connectivity index (χ0n) is 21.2. The Morgan fingerprint density at radius 3 is 2.27 bits per heavy atom. The lowest BCUT2D eigenvalue weighted by Crippen LogP contribution is -2.48. The van der Waals surface area contributed by atoms with Gasteiger partial charge in [0.2, 0.25) is 0 Å². The summed E-state index contributed by atoms with van der Waals surface area (Å²) in [7, 11) is 3.44. The third-order valence-electron chi connectivity index (χ3n) is 6.61. The Bertz CT molecular complexity index is 1230. The molecule has 0 radical (unpaired) electrons. The highest BCUT2D eigenvalue weighted by atomic mass is 16.2. The summed E-state index contributed by atoms with van der Waals surface area (Å²) in [5.41, 5.74) is 2.92. The van der Waals surface area contributed by atoms with Crippen LogP contribution in [0.15, 0.2) is 72.9 Å². The van der Waals surface area contributed by atoms with Crippen LogP contribution in [0.4, 0.5) is 16.3 Å². The molecule has 0 atom stereocenters. The summed E-state index contributed by atoms with van der Waals surface area (Å²) < 4.78 is 0. The Morgan fingerprint density at radius 2 is 1.68 bits per heavy atom. The molecule has 0 unspecified atom stereocenters. The molecule has 0 saturated heterocycles. The van der Waals surface area contributed by atoms with Gasteiger partial charge >= 0.3 is 6.03 Å². The quantitative estimate of drug-likeness (QED) is 0.490. The first-order valence-corrected chi connectivity index (χ1v) is 12.5. The molecular formula is C29H32N6O2. The zero-order chi connectivity index (χ0) is 26.2. The van der Waals surface area contributed by atoms with Crippen LogP contribution in [0, 0.1) is 11.3 Å². The first-order valence-electron chi connectivity index (χ1n) is 12.5. The van der Waals surface area contributed by atoms with E-state index in [2.05, 4.69) is 21.7 Å². The fraction of sp³-hybridized carbons (Fsp3) is 0.310. The number of carbonyl (C=O) groups is 2. The van der Waals surface area contributed by atoms with Crippen molar-refractivity contribution in [1.29, 1.82) is 5.26 Å². The van der Waals surface area contributed by atoms with E-state index in [1.165, 1.54) is 4.90 Å². The van der Waals surface area contributed by atoms with Crippen molar-refractivity contribution < 1.29 is 9.59 Å². The van der Waals surface area contributed by atoms with Gasteiger partial charge in [0.05, 0.1) is 5.56 Å². The summed E-state index contributed by atoms with van der Waals surface area (Å²) in [5, 5.41) is 15.5. The van der Waals surface area contributed by atoms with Crippen LogP contribution in [-0.2, 0) is 6.54 Å². The Balaban J connectivity index is 1.46. The van der Waals surface area contributed by atoms with Gasteiger partial charge in [-0.2, -0.15) is 5.26 Å². The molecule has 2 N–H and O–H groups in total. The van der Waals surface area contributed by atoms with Gasteiger partial charge in [-0.1, -0.05) is 30.3 Å². The highest BCUT2D eigenvalue weighted by Gasteiger charge is 2.30. The molecule has 0 spiro atoms. The zero-order valence-corrected chi connectivity index (χ0v) is 21.2. The predicted octanol–water partition coefficient (Wildman–Crippen LogP) is 4.79. The minimum Gasteiger partial charge on any atom is -0.367 e. The molecule has 1 aliphatic carbocycles. The van der Waals surface area contributed by atoms with Gasteiger partial charge in [0.25, 0.3) is 5.91 Å². The summed E-state index contributed by atoms with van der Waals surface area (Å²) in [6.07, 6.45) is 4.98. The molecule has 0 bridgehead atoms. The lowest BCUT2D eigenvalue weighted by atomic mass is 9.89. The van der Waals surface area contributed by atoms with E-state index in [1.807, 2.05) is 53.4 Å². The molecule has 8 nitrogen and oxygen atoms in total. The molecule has 4 rings (SSSR count). The van der Waals surface area contributed by atoms with Gasteiger partial charge < -0.3 is 15.5 Å². The lowest BCUT2D eigenvalue weighted by molar-refractivity contribution is 0.0827. The summed E-state index contributed by atoms with van der Waals surface area (Å²) in [4.78, 5) is 33.5. The molecule has 3 aromatic rings. The van der Waals surface area contributed by atoms with Crippen molar-refractivity contribution in [2.75, 3.05) is 24.3 Å². The first kappa shape index (κ1) is 25.7.